The number of methoxy groups -OCH3 is 1. The van der Waals surface area contributed by atoms with Crippen molar-refractivity contribution in [1.82, 2.24) is 30.1 Å². The summed E-state index contributed by atoms with van der Waals surface area (Å²) in [5, 5.41) is 11.4. The average Bonchev–Trinajstić information content (AvgIpc) is 3.23. The summed E-state index contributed by atoms with van der Waals surface area (Å²) in [6.07, 6.45) is 2.83. The number of aromatic nitrogens is 3. The molecule has 1 fully saturated rings. The van der Waals surface area contributed by atoms with Gasteiger partial charge in [0.15, 0.2) is 5.96 Å². The number of ether oxygens (including phenoxy) is 1. The highest BCUT2D eigenvalue weighted by molar-refractivity contribution is 5.79. The summed E-state index contributed by atoms with van der Waals surface area (Å²) >= 11 is 0. The Morgan fingerprint density at radius 2 is 1.97 bits per heavy atom. The fourth-order valence-electron chi connectivity index (χ4n) is 3.82. The van der Waals surface area contributed by atoms with Crippen molar-refractivity contribution in [2.24, 2.45) is 4.99 Å². The van der Waals surface area contributed by atoms with E-state index in [1.807, 2.05) is 0 Å². The normalized spacial score (nSPS) is 16.4. The van der Waals surface area contributed by atoms with Gasteiger partial charge in [0, 0.05) is 39.3 Å². The largest absolute Gasteiger partial charge is 0.468 e. The van der Waals surface area contributed by atoms with Crippen molar-refractivity contribution < 1.29 is 9.53 Å². The van der Waals surface area contributed by atoms with E-state index in [9.17, 15) is 4.79 Å². The molecule has 1 unspecified atom stereocenters. The van der Waals surface area contributed by atoms with Gasteiger partial charge in [-0.3, -0.25) is 14.7 Å². The number of benzene rings is 1. The standard InChI is InChI=1S/C21H31N7O2/c1-4-19(17-8-6-5-7-9-17)26-10-12-27(13-11-26)21(22-2)23-14-18-15-28(25-24-18)16-20(29)30-3/h5-9,15,19H,4,10-14,16H2,1-3H3,(H,22,23). The van der Waals surface area contributed by atoms with Crippen LogP contribution in [0.3, 0.4) is 0 Å². The van der Waals surface area contributed by atoms with Crippen molar-refractivity contribution in [2.75, 3.05) is 40.3 Å². The third-order valence-electron chi connectivity index (χ3n) is 5.37. The van der Waals surface area contributed by atoms with Crippen LogP contribution in [0.1, 0.15) is 30.6 Å². The Morgan fingerprint density at radius 1 is 1.23 bits per heavy atom. The molecular formula is C21H31N7O2. The first-order valence-electron chi connectivity index (χ1n) is 10.3. The molecule has 1 aromatic heterocycles. The van der Waals surface area contributed by atoms with Gasteiger partial charge in [-0.2, -0.15) is 0 Å². The van der Waals surface area contributed by atoms with Crippen LogP contribution < -0.4 is 5.32 Å². The zero-order valence-electron chi connectivity index (χ0n) is 18.0. The molecule has 1 saturated heterocycles. The molecule has 1 aromatic carbocycles. The number of rotatable bonds is 7. The Bertz CT molecular complexity index is 829. The summed E-state index contributed by atoms with van der Waals surface area (Å²) in [6, 6.07) is 11.2. The van der Waals surface area contributed by atoms with Crippen molar-refractivity contribution >= 4 is 11.9 Å². The van der Waals surface area contributed by atoms with Crippen LogP contribution in [0.5, 0.6) is 0 Å². The third kappa shape index (κ3) is 5.56. The van der Waals surface area contributed by atoms with E-state index in [1.165, 1.54) is 17.4 Å². The molecule has 162 valence electrons. The molecule has 1 aliphatic rings. The van der Waals surface area contributed by atoms with Gasteiger partial charge >= 0.3 is 5.97 Å². The Kier molecular flexibility index (Phi) is 7.78. The first kappa shape index (κ1) is 21.8. The molecule has 0 spiro atoms. The van der Waals surface area contributed by atoms with E-state index in [4.69, 9.17) is 0 Å². The van der Waals surface area contributed by atoms with Gasteiger partial charge in [0.2, 0.25) is 0 Å². The number of nitrogens with zero attached hydrogens (tertiary/aromatic N) is 6. The molecule has 30 heavy (non-hydrogen) atoms. The first-order chi connectivity index (χ1) is 14.6. The van der Waals surface area contributed by atoms with Crippen LogP contribution in [0.15, 0.2) is 41.5 Å². The molecule has 0 amide bonds. The topological polar surface area (TPSA) is 87.9 Å². The number of hydrogen-bond donors (Lipinski definition) is 1. The molecule has 0 radical (unpaired) electrons. The second-order valence-electron chi connectivity index (χ2n) is 7.24. The van der Waals surface area contributed by atoms with E-state index in [2.05, 4.69) is 72.4 Å². The van der Waals surface area contributed by atoms with Gasteiger partial charge in [-0.25, -0.2) is 4.68 Å². The molecule has 9 nitrogen and oxygen atoms in total. The molecule has 3 rings (SSSR count). The number of esters is 1. The van der Waals surface area contributed by atoms with Crippen LogP contribution in [0.25, 0.3) is 0 Å². The lowest BCUT2D eigenvalue weighted by Crippen LogP contribution is -2.52. The first-order valence-corrected chi connectivity index (χ1v) is 10.3. The van der Waals surface area contributed by atoms with Crippen LogP contribution in [-0.4, -0.2) is 77.1 Å². The Morgan fingerprint density at radius 3 is 2.60 bits per heavy atom. The van der Waals surface area contributed by atoms with E-state index in [1.54, 1.807) is 13.2 Å². The van der Waals surface area contributed by atoms with Crippen molar-refractivity contribution in [1.29, 1.82) is 0 Å². The summed E-state index contributed by atoms with van der Waals surface area (Å²) in [6.45, 7) is 6.61. The number of aliphatic imine (C=N–C) groups is 1. The number of guanidine groups is 1. The maximum Gasteiger partial charge on any atom is 0.327 e. The summed E-state index contributed by atoms with van der Waals surface area (Å²) in [5.74, 6) is 0.499. The third-order valence-corrected chi connectivity index (χ3v) is 5.37. The molecule has 1 N–H and O–H groups in total. The molecule has 1 atom stereocenters. The second-order valence-corrected chi connectivity index (χ2v) is 7.24. The lowest BCUT2D eigenvalue weighted by molar-refractivity contribution is -0.141. The van der Waals surface area contributed by atoms with E-state index in [0.717, 1.165) is 44.3 Å². The predicted octanol–water partition coefficient (Wildman–Crippen LogP) is 1.30. The van der Waals surface area contributed by atoms with E-state index in [0.29, 0.717) is 12.6 Å². The van der Waals surface area contributed by atoms with Crippen LogP contribution in [0, 0.1) is 0 Å². The van der Waals surface area contributed by atoms with Crippen molar-refractivity contribution in [3.05, 3.63) is 47.8 Å². The lowest BCUT2D eigenvalue weighted by Gasteiger charge is -2.40. The number of hydrogen-bond acceptors (Lipinski definition) is 6. The van der Waals surface area contributed by atoms with Crippen LogP contribution >= 0.6 is 0 Å². The Labute approximate surface area is 177 Å². The van der Waals surface area contributed by atoms with Gasteiger partial charge in [0.05, 0.1) is 19.9 Å². The van der Waals surface area contributed by atoms with Crippen molar-refractivity contribution in [3.8, 4) is 0 Å². The number of piperazine rings is 1. The minimum absolute atomic E-state index is 0.0557. The monoisotopic (exact) mass is 413 g/mol. The molecule has 2 aromatic rings. The van der Waals surface area contributed by atoms with E-state index >= 15 is 0 Å². The SMILES string of the molecule is CCC(c1ccccc1)N1CCN(C(=NC)NCc2cn(CC(=O)OC)nn2)CC1. The molecule has 2 heterocycles. The van der Waals surface area contributed by atoms with Crippen LogP contribution in [0.4, 0.5) is 0 Å². The zero-order chi connectivity index (χ0) is 21.3. The van der Waals surface area contributed by atoms with Crippen LogP contribution in [-0.2, 0) is 22.6 Å². The molecule has 1 aliphatic heterocycles. The lowest BCUT2D eigenvalue weighted by atomic mass is 10.0. The molecule has 9 heteroatoms. The minimum Gasteiger partial charge on any atom is -0.468 e. The van der Waals surface area contributed by atoms with Crippen LogP contribution in [0.2, 0.25) is 0 Å². The van der Waals surface area contributed by atoms with E-state index in [-0.39, 0.29) is 12.5 Å². The van der Waals surface area contributed by atoms with Gasteiger partial charge in [0.1, 0.15) is 12.2 Å². The highest BCUT2D eigenvalue weighted by Crippen LogP contribution is 2.25. The van der Waals surface area contributed by atoms with Gasteiger partial charge in [-0.15, -0.1) is 5.10 Å². The van der Waals surface area contributed by atoms with Crippen molar-refractivity contribution in [2.45, 2.75) is 32.5 Å². The Hall–Kier alpha value is -2.94. The zero-order valence-corrected chi connectivity index (χ0v) is 18.0. The molecule has 0 aliphatic carbocycles. The number of carbonyl (C=O) groups is 1. The minimum atomic E-state index is -0.353. The van der Waals surface area contributed by atoms with Gasteiger partial charge < -0.3 is 15.0 Å². The highest BCUT2D eigenvalue weighted by atomic mass is 16.5. The maximum atomic E-state index is 11.3. The summed E-state index contributed by atoms with van der Waals surface area (Å²) in [7, 11) is 3.15. The number of nitrogens with one attached hydrogen (secondary N) is 1. The summed E-state index contributed by atoms with van der Waals surface area (Å²) in [5.41, 5.74) is 2.12. The van der Waals surface area contributed by atoms with E-state index < -0.39 is 0 Å². The summed E-state index contributed by atoms with van der Waals surface area (Å²) in [4.78, 5) is 20.6. The second kappa shape index (κ2) is 10.7. The Balaban J connectivity index is 1.51. The smallest absolute Gasteiger partial charge is 0.327 e. The van der Waals surface area contributed by atoms with Gasteiger partial charge in [-0.1, -0.05) is 42.5 Å². The fourth-order valence-corrected chi connectivity index (χ4v) is 3.82. The predicted molar refractivity (Wildman–Crippen MR) is 115 cm³/mol. The highest BCUT2D eigenvalue weighted by Gasteiger charge is 2.25. The van der Waals surface area contributed by atoms with Gasteiger partial charge in [0.25, 0.3) is 0 Å². The molecule has 0 saturated carbocycles. The average molecular weight is 414 g/mol. The van der Waals surface area contributed by atoms with Crippen molar-refractivity contribution in [3.63, 3.8) is 0 Å². The fraction of sp³-hybridized carbons (Fsp3) is 0.524. The number of carbonyl (C=O) groups excluding carboxylic acids is 1. The maximum absolute atomic E-state index is 11.3. The molecular weight excluding hydrogens is 382 g/mol. The summed E-state index contributed by atoms with van der Waals surface area (Å²) < 4.78 is 6.12. The van der Waals surface area contributed by atoms with Gasteiger partial charge in [-0.05, 0) is 12.0 Å². The quantitative estimate of drug-likeness (QED) is 0.416. The molecule has 0 bridgehead atoms.